The molecule has 0 spiro atoms. The van der Waals surface area contributed by atoms with Crippen LogP contribution in [0.15, 0.2) is 37.1 Å². The number of imidazole rings is 1. The third-order valence-corrected chi connectivity index (χ3v) is 4.96. The first kappa shape index (κ1) is 16.1. The summed E-state index contributed by atoms with van der Waals surface area (Å²) in [7, 11) is 0. The van der Waals surface area contributed by atoms with Crippen molar-refractivity contribution in [2.45, 2.75) is 18.9 Å². The maximum Gasteiger partial charge on any atom is 0.255 e. The van der Waals surface area contributed by atoms with Gasteiger partial charge < -0.3 is 19.1 Å². The van der Waals surface area contributed by atoms with Gasteiger partial charge in [-0.15, -0.1) is 0 Å². The van der Waals surface area contributed by atoms with Crippen LogP contribution in [-0.2, 0) is 4.74 Å². The van der Waals surface area contributed by atoms with Crippen LogP contribution in [0.2, 0.25) is 0 Å². The highest BCUT2D eigenvalue weighted by atomic mass is 16.5. The highest BCUT2D eigenvalue weighted by molar-refractivity contribution is 5.94. The van der Waals surface area contributed by atoms with Gasteiger partial charge in [-0.05, 0) is 25.0 Å². The minimum atomic E-state index is 0.0610. The molecule has 1 unspecified atom stereocenters. The van der Waals surface area contributed by atoms with E-state index in [1.165, 1.54) is 0 Å². The number of pyridine rings is 1. The number of aromatic nitrogens is 3. The SMILES string of the molecule is O=C(c1ccc(N2CCOCC2)nc1)N1CCCC(n2ccnc2)C1. The van der Waals surface area contributed by atoms with Gasteiger partial charge in [-0.25, -0.2) is 9.97 Å². The fourth-order valence-corrected chi connectivity index (χ4v) is 3.54. The van der Waals surface area contributed by atoms with Gasteiger partial charge in [-0.2, -0.15) is 0 Å². The zero-order valence-corrected chi connectivity index (χ0v) is 14.3. The van der Waals surface area contributed by atoms with Gasteiger partial charge in [-0.3, -0.25) is 4.79 Å². The molecule has 0 aromatic carbocycles. The highest BCUT2D eigenvalue weighted by Crippen LogP contribution is 2.23. The molecule has 2 aliphatic heterocycles. The first-order valence-electron chi connectivity index (χ1n) is 8.87. The van der Waals surface area contributed by atoms with Crippen LogP contribution in [0.3, 0.4) is 0 Å². The Morgan fingerprint density at radius 2 is 2.08 bits per heavy atom. The molecule has 0 radical (unpaired) electrons. The summed E-state index contributed by atoms with van der Waals surface area (Å²) in [6.07, 6.45) is 9.37. The van der Waals surface area contributed by atoms with Crippen molar-refractivity contribution in [3.63, 3.8) is 0 Å². The van der Waals surface area contributed by atoms with E-state index in [2.05, 4.69) is 19.4 Å². The summed E-state index contributed by atoms with van der Waals surface area (Å²) < 4.78 is 7.46. The van der Waals surface area contributed by atoms with E-state index in [9.17, 15) is 4.79 Å². The van der Waals surface area contributed by atoms with Crippen molar-refractivity contribution >= 4 is 11.7 Å². The van der Waals surface area contributed by atoms with Gasteiger partial charge in [0.1, 0.15) is 5.82 Å². The van der Waals surface area contributed by atoms with Gasteiger partial charge in [-0.1, -0.05) is 0 Å². The second kappa shape index (κ2) is 7.23. The maximum absolute atomic E-state index is 12.8. The smallest absolute Gasteiger partial charge is 0.255 e. The third-order valence-electron chi connectivity index (χ3n) is 4.96. The lowest BCUT2D eigenvalue weighted by Gasteiger charge is -2.33. The highest BCUT2D eigenvalue weighted by Gasteiger charge is 2.25. The van der Waals surface area contributed by atoms with Crippen molar-refractivity contribution in [3.05, 3.63) is 42.6 Å². The third kappa shape index (κ3) is 3.51. The molecule has 0 saturated carbocycles. The number of amides is 1. The molecule has 0 aliphatic carbocycles. The van der Waals surface area contributed by atoms with Gasteiger partial charge >= 0.3 is 0 Å². The number of likely N-dealkylation sites (tertiary alicyclic amines) is 1. The van der Waals surface area contributed by atoms with Crippen molar-refractivity contribution in [2.75, 3.05) is 44.3 Å². The van der Waals surface area contributed by atoms with E-state index in [1.807, 2.05) is 29.6 Å². The second-order valence-corrected chi connectivity index (χ2v) is 6.56. The first-order chi connectivity index (χ1) is 12.3. The monoisotopic (exact) mass is 341 g/mol. The van der Waals surface area contributed by atoms with Crippen molar-refractivity contribution in [1.29, 1.82) is 0 Å². The number of rotatable bonds is 3. The fraction of sp³-hybridized carbons (Fsp3) is 0.500. The van der Waals surface area contributed by atoms with Gasteiger partial charge in [0.25, 0.3) is 5.91 Å². The molecule has 2 aromatic rings. The lowest BCUT2D eigenvalue weighted by Crippen LogP contribution is -2.40. The molecular weight excluding hydrogens is 318 g/mol. The molecule has 25 heavy (non-hydrogen) atoms. The Bertz CT molecular complexity index is 695. The molecule has 2 fully saturated rings. The number of carbonyl (C=O) groups is 1. The lowest BCUT2D eigenvalue weighted by atomic mass is 10.0. The van der Waals surface area contributed by atoms with Crippen LogP contribution >= 0.6 is 0 Å². The number of hydrogen-bond acceptors (Lipinski definition) is 5. The lowest BCUT2D eigenvalue weighted by molar-refractivity contribution is 0.0679. The van der Waals surface area contributed by atoms with E-state index < -0.39 is 0 Å². The van der Waals surface area contributed by atoms with Gasteiger partial charge in [0, 0.05) is 44.8 Å². The molecule has 4 rings (SSSR count). The van der Waals surface area contributed by atoms with Crippen LogP contribution in [0.1, 0.15) is 29.2 Å². The van der Waals surface area contributed by atoms with Crippen LogP contribution in [0.4, 0.5) is 5.82 Å². The van der Waals surface area contributed by atoms with E-state index in [0.29, 0.717) is 11.6 Å². The van der Waals surface area contributed by atoms with Gasteiger partial charge in [0.05, 0.1) is 31.1 Å². The Morgan fingerprint density at radius 3 is 2.80 bits per heavy atom. The Labute approximate surface area is 147 Å². The Hall–Kier alpha value is -2.41. The summed E-state index contributed by atoms with van der Waals surface area (Å²) in [6.45, 7) is 4.67. The van der Waals surface area contributed by atoms with E-state index in [0.717, 1.165) is 58.1 Å². The molecule has 1 atom stereocenters. The van der Waals surface area contributed by atoms with Crippen molar-refractivity contribution in [1.82, 2.24) is 19.4 Å². The molecule has 7 heteroatoms. The number of morpholine rings is 1. The topological polar surface area (TPSA) is 63.5 Å². The molecule has 0 N–H and O–H groups in total. The number of hydrogen-bond donors (Lipinski definition) is 0. The van der Waals surface area contributed by atoms with Crippen LogP contribution in [0, 0.1) is 0 Å². The Morgan fingerprint density at radius 1 is 1.20 bits per heavy atom. The van der Waals surface area contributed by atoms with Crippen LogP contribution in [-0.4, -0.2) is 64.7 Å². The zero-order valence-electron chi connectivity index (χ0n) is 14.3. The molecule has 2 saturated heterocycles. The van der Waals surface area contributed by atoms with Crippen molar-refractivity contribution in [2.24, 2.45) is 0 Å². The van der Waals surface area contributed by atoms with Crippen molar-refractivity contribution in [3.8, 4) is 0 Å². The quantitative estimate of drug-likeness (QED) is 0.848. The Balaban J connectivity index is 1.43. The second-order valence-electron chi connectivity index (χ2n) is 6.56. The zero-order chi connectivity index (χ0) is 17.1. The average molecular weight is 341 g/mol. The predicted molar refractivity (Wildman–Crippen MR) is 93.7 cm³/mol. The molecule has 0 bridgehead atoms. The number of anilines is 1. The van der Waals surface area contributed by atoms with Crippen LogP contribution in [0.25, 0.3) is 0 Å². The van der Waals surface area contributed by atoms with Gasteiger partial charge in [0.2, 0.25) is 0 Å². The molecular formula is C18H23N5O2. The van der Waals surface area contributed by atoms with E-state index in [1.54, 1.807) is 12.4 Å². The summed E-state index contributed by atoms with van der Waals surface area (Å²) >= 11 is 0. The average Bonchev–Trinajstić information content (AvgIpc) is 3.23. The molecule has 2 aliphatic rings. The number of nitrogens with zero attached hydrogens (tertiary/aromatic N) is 5. The summed E-state index contributed by atoms with van der Waals surface area (Å²) in [5, 5.41) is 0. The van der Waals surface area contributed by atoms with Crippen LogP contribution in [0.5, 0.6) is 0 Å². The normalized spacial score (nSPS) is 21.4. The summed E-state index contributed by atoms with van der Waals surface area (Å²) in [4.78, 5) is 25.6. The van der Waals surface area contributed by atoms with E-state index in [-0.39, 0.29) is 5.91 Å². The molecule has 4 heterocycles. The summed E-state index contributed by atoms with van der Waals surface area (Å²) in [5.41, 5.74) is 0.656. The molecule has 1 amide bonds. The molecule has 2 aromatic heterocycles. The van der Waals surface area contributed by atoms with E-state index >= 15 is 0 Å². The largest absolute Gasteiger partial charge is 0.378 e. The summed E-state index contributed by atoms with van der Waals surface area (Å²) in [5.74, 6) is 0.973. The summed E-state index contributed by atoms with van der Waals surface area (Å²) in [6, 6.07) is 4.14. The van der Waals surface area contributed by atoms with Gasteiger partial charge in [0.15, 0.2) is 0 Å². The maximum atomic E-state index is 12.8. The van der Waals surface area contributed by atoms with Crippen molar-refractivity contribution < 1.29 is 9.53 Å². The minimum Gasteiger partial charge on any atom is -0.378 e. The number of carbonyl (C=O) groups excluding carboxylic acids is 1. The Kier molecular flexibility index (Phi) is 4.65. The van der Waals surface area contributed by atoms with E-state index in [4.69, 9.17) is 4.74 Å². The first-order valence-corrected chi connectivity index (χ1v) is 8.87. The molecule has 7 nitrogen and oxygen atoms in total. The number of ether oxygens (including phenoxy) is 1. The van der Waals surface area contributed by atoms with Crippen LogP contribution < -0.4 is 4.90 Å². The molecule has 132 valence electrons. The predicted octanol–water partition coefficient (Wildman–Crippen LogP) is 1.59. The standard InChI is InChI=1S/C18H23N5O2/c24-18(22-6-1-2-16(13-22)23-7-5-19-14-23)15-3-4-17(20-12-15)21-8-10-25-11-9-21/h3-5,7,12,14,16H,1-2,6,8-11,13H2. The number of piperidine rings is 1. The minimum absolute atomic E-state index is 0.0610. The fourth-order valence-electron chi connectivity index (χ4n) is 3.54.